The summed E-state index contributed by atoms with van der Waals surface area (Å²) in [7, 11) is 0. The highest BCUT2D eigenvalue weighted by atomic mass is 14.7. The third-order valence-electron chi connectivity index (χ3n) is 8.65. The molecule has 3 aliphatic rings. The fraction of sp³-hybridized carbons (Fsp3) is 1.00. The Labute approximate surface area is 167 Å². The summed E-state index contributed by atoms with van der Waals surface area (Å²) in [6.07, 6.45) is 18.7. The van der Waals surface area contributed by atoms with Crippen molar-refractivity contribution in [2.75, 3.05) is 13.1 Å². The van der Waals surface area contributed by atoms with E-state index in [0.29, 0.717) is 18.0 Å². The maximum Gasteiger partial charge on any atom is 0.00792 e. The lowest BCUT2D eigenvalue weighted by molar-refractivity contribution is -0.00918. The van der Waals surface area contributed by atoms with Gasteiger partial charge < -0.3 is 22.9 Å². The standard InChI is InChI=1S/C23H46N4/c24-13-8-20(26)4-1-3-17-5-6-19(22(27)9-14-25)15-18-7-12-23(10-2-11-23)16-21(17)18/h17-22H,1-16,24-27H2. The van der Waals surface area contributed by atoms with Crippen LogP contribution in [0.15, 0.2) is 0 Å². The molecule has 3 rings (SSSR count). The van der Waals surface area contributed by atoms with Crippen molar-refractivity contribution in [3.05, 3.63) is 0 Å². The zero-order valence-corrected chi connectivity index (χ0v) is 17.6. The summed E-state index contributed by atoms with van der Waals surface area (Å²) in [6, 6.07) is 0.610. The van der Waals surface area contributed by atoms with E-state index in [1.165, 1.54) is 70.6 Å². The summed E-state index contributed by atoms with van der Waals surface area (Å²) in [5, 5.41) is 0. The Balaban J connectivity index is 1.62. The minimum absolute atomic E-state index is 0.298. The molecule has 0 bridgehead atoms. The van der Waals surface area contributed by atoms with E-state index in [2.05, 4.69) is 0 Å². The number of hydrogen-bond donors (Lipinski definition) is 4. The molecule has 0 amide bonds. The second-order valence-electron chi connectivity index (χ2n) is 10.4. The molecule has 158 valence electrons. The monoisotopic (exact) mass is 378 g/mol. The van der Waals surface area contributed by atoms with Crippen molar-refractivity contribution in [1.29, 1.82) is 0 Å². The molecule has 4 heteroatoms. The van der Waals surface area contributed by atoms with Gasteiger partial charge in [0.05, 0.1) is 0 Å². The molecule has 0 radical (unpaired) electrons. The highest BCUT2D eigenvalue weighted by Crippen LogP contribution is 2.58. The summed E-state index contributed by atoms with van der Waals surface area (Å²) in [4.78, 5) is 0. The molecule has 0 aromatic rings. The van der Waals surface area contributed by atoms with Crippen molar-refractivity contribution >= 4 is 0 Å². The van der Waals surface area contributed by atoms with E-state index < -0.39 is 0 Å². The van der Waals surface area contributed by atoms with Crippen molar-refractivity contribution < 1.29 is 0 Å². The van der Waals surface area contributed by atoms with E-state index in [-0.39, 0.29) is 0 Å². The number of fused-ring (bicyclic) bond motifs is 1. The van der Waals surface area contributed by atoms with Gasteiger partial charge in [0.15, 0.2) is 0 Å². The molecule has 6 unspecified atom stereocenters. The predicted molar refractivity (Wildman–Crippen MR) is 115 cm³/mol. The van der Waals surface area contributed by atoms with E-state index in [9.17, 15) is 0 Å². The van der Waals surface area contributed by atoms with Crippen molar-refractivity contribution in [2.45, 2.75) is 102 Å². The van der Waals surface area contributed by atoms with Gasteiger partial charge in [0, 0.05) is 12.1 Å². The fourth-order valence-electron chi connectivity index (χ4n) is 6.77. The Kier molecular flexibility index (Phi) is 8.02. The molecule has 3 aliphatic carbocycles. The van der Waals surface area contributed by atoms with Crippen LogP contribution in [0.1, 0.15) is 89.9 Å². The Bertz CT molecular complexity index is 436. The molecular weight excluding hydrogens is 332 g/mol. The summed E-state index contributed by atoms with van der Waals surface area (Å²) >= 11 is 0. The zero-order chi connectivity index (χ0) is 19.3. The zero-order valence-electron chi connectivity index (χ0n) is 17.6. The van der Waals surface area contributed by atoms with E-state index in [1.54, 1.807) is 0 Å². The largest absolute Gasteiger partial charge is 0.330 e. The van der Waals surface area contributed by atoms with Crippen LogP contribution in [-0.4, -0.2) is 25.2 Å². The molecule has 1 spiro atoms. The smallest absolute Gasteiger partial charge is 0.00792 e. The van der Waals surface area contributed by atoms with Gasteiger partial charge in [-0.15, -0.1) is 0 Å². The van der Waals surface area contributed by atoms with Crippen LogP contribution in [0.3, 0.4) is 0 Å². The first-order valence-corrected chi connectivity index (χ1v) is 12.0. The van der Waals surface area contributed by atoms with Crippen molar-refractivity contribution in [1.82, 2.24) is 0 Å². The topological polar surface area (TPSA) is 104 Å². The Hall–Kier alpha value is -0.160. The average molecular weight is 379 g/mol. The third-order valence-corrected chi connectivity index (χ3v) is 8.65. The van der Waals surface area contributed by atoms with Crippen molar-refractivity contribution in [3.63, 3.8) is 0 Å². The van der Waals surface area contributed by atoms with Crippen molar-refractivity contribution in [2.24, 2.45) is 52.0 Å². The first-order valence-electron chi connectivity index (χ1n) is 12.0. The molecule has 0 saturated heterocycles. The van der Waals surface area contributed by atoms with E-state index in [4.69, 9.17) is 22.9 Å². The predicted octanol–water partition coefficient (Wildman–Crippen LogP) is 3.51. The second-order valence-corrected chi connectivity index (χ2v) is 10.4. The van der Waals surface area contributed by atoms with Crippen LogP contribution in [0.25, 0.3) is 0 Å². The van der Waals surface area contributed by atoms with E-state index in [0.717, 1.165) is 55.5 Å². The summed E-state index contributed by atoms with van der Waals surface area (Å²) < 4.78 is 0. The Morgan fingerprint density at radius 2 is 1.67 bits per heavy atom. The highest BCUT2D eigenvalue weighted by Gasteiger charge is 2.47. The normalized spacial score (nSPS) is 35.1. The van der Waals surface area contributed by atoms with Gasteiger partial charge in [-0.1, -0.05) is 19.3 Å². The van der Waals surface area contributed by atoms with Crippen molar-refractivity contribution in [3.8, 4) is 0 Å². The average Bonchev–Trinajstić information content (AvgIpc) is 2.80. The van der Waals surface area contributed by atoms with Crippen LogP contribution >= 0.6 is 0 Å². The van der Waals surface area contributed by atoms with Crippen LogP contribution in [0.2, 0.25) is 0 Å². The lowest BCUT2D eigenvalue weighted by Gasteiger charge is -2.52. The van der Waals surface area contributed by atoms with E-state index >= 15 is 0 Å². The lowest BCUT2D eigenvalue weighted by atomic mass is 9.53. The maximum absolute atomic E-state index is 6.55. The molecule has 3 saturated carbocycles. The SMILES string of the molecule is NCCC(N)CCCC1CCC(C(N)CCN)CC2CCC3(CCC3)CC12. The summed E-state index contributed by atoms with van der Waals surface area (Å²) in [6.45, 7) is 1.45. The van der Waals surface area contributed by atoms with E-state index in [1.807, 2.05) is 0 Å². The molecule has 0 aromatic heterocycles. The van der Waals surface area contributed by atoms with Gasteiger partial charge in [-0.3, -0.25) is 0 Å². The fourth-order valence-corrected chi connectivity index (χ4v) is 6.77. The van der Waals surface area contributed by atoms with Gasteiger partial charge in [0.1, 0.15) is 0 Å². The molecule has 6 atom stereocenters. The minimum atomic E-state index is 0.298. The first kappa shape index (κ1) is 21.5. The third kappa shape index (κ3) is 5.46. The maximum atomic E-state index is 6.55. The number of hydrogen-bond acceptors (Lipinski definition) is 4. The summed E-state index contributed by atoms with van der Waals surface area (Å²) in [5.41, 5.74) is 25.0. The Morgan fingerprint density at radius 1 is 0.889 bits per heavy atom. The molecule has 0 heterocycles. The van der Waals surface area contributed by atoms with Crippen LogP contribution in [0.4, 0.5) is 0 Å². The van der Waals surface area contributed by atoms with Gasteiger partial charge in [-0.25, -0.2) is 0 Å². The molecule has 0 aromatic carbocycles. The molecule has 27 heavy (non-hydrogen) atoms. The molecule has 3 fully saturated rings. The van der Waals surface area contributed by atoms with Gasteiger partial charge in [0.2, 0.25) is 0 Å². The molecule has 8 N–H and O–H groups in total. The first-order chi connectivity index (χ1) is 13.1. The molecule has 0 aliphatic heterocycles. The van der Waals surface area contributed by atoms with Crippen LogP contribution < -0.4 is 22.9 Å². The van der Waals surface area contributed by atoms with Crippen LogP contribution in [0, 0.1) is 29.1 Å². The highest BCUT2D eigenvalue weighted by molar-refractivity contribution is 4.99. The molecule has 4 nitrogen and oxygen atoms in total. The number of rotatable bonds is 9. The van der Waals surface area contributed by atoms with Crippen LogP contribution in [-0.2, 0) is 0 Å². The van der Waals surface area contributed by atoms with Crippen LogP contribution in [0.5, 0.6) is 0 Å². The number of nitrogens with two attached hydrogens (primary N) is 4. The molecular formula is C23H46N4. The minimum Gasteiger partial charge on any atom is -0.330 e. The van der Waals surface area contributed by atoms with Gasteiger partial charge in [-0.2, -0.15) is 0 Å². The van der Waals surface area contributed by atoms with Gasteiger partial charge in [0.25, 0.3) is 0 Å². The lowest BCUT2D eigenvalue weighted by Crippen LogP contribution is -2.41. The van der Waals surface area contributed by atoms with Gasteiger partial charge >= 0.3 is 0 Å². The Morgan fingerprint density at radius 3 is 2.33 bits per heavy atom. The second kappa shape index (κ2) is 10.0. The quantitative estimate of drug-likeness (QED) is 0.493. The van der Waals surface area contributed by atoms with Gasteiger partial charge in [-0.05, 0) is 113 Å². The summed E-state index contributed by atoms with van der Waals surface area (Å²) in [5.74, 6) is 3.45.